The standard InChI is InChI=1S/C11H15BrN2OS/c1-14-9(15)4-2-3-8(13)10(14)11-7(12)5-6-16-11/h5-6,8,10H,2-4,13H2,1H3. The minimum absolute atomic E-state index is 0.0179. The number of nitrogens with two attached hydrogens (primary N) is 1. The van der Waals surface area contributed by atoms with Gasteiger partial charge in [-0.1, -0.05) is 0 Å². The molecule has 88 valence electrons. The van der Waals surface area contributed by atoms with Crippen molar-refractivity contribution in [2.75, 3.05) is 7.05 Å². The van der Waals surface area contributed by atoms with E-state index < -0.39 is 0 Å². The number of likely N-dealkylation sites (N-methyl/N-ethyl adjacent to an activating group) is 1. The lowest BCUT2D eigenvalue weighted by molar-refractivity contribution is -0.131. The Morgan fingerprint density at radius 1 is 1.62 bits per heavy atom. The average Bonchev–Trinajstić information content (AvgIpc) is 2.60. The SMILES string of the molecule is CN1C(=O)CCCC(N)C1c1sccc1Br. The number of likely N-dealkylation sites (tertiary alicyclic amines) is 1. The number of hydrogen-bond acceptors (Lipinski definition) is 3. The van der Waals surface area contributed by atoms with Crippen LogP contribution in [-0.2, 0) is 4.79 Å². The molecule has 3 nitrogen and oxygen atoms in total. The Morgan fingerprint density at radius 2 is 2.38 bits per heavy atom. The van der Waals surface area contributed by atoms with Crippen LogP contribution in [0.4, 0.5) is 0 Å². The van der Waals surface area contributed by atoms with Crippen molar-refractivity contribution in [3.8, 4) is 0 Å². The zero-order valence-electron chi connectivity index (χ0n) is 9.15. The summed E-state index contributed by atoms with van der Waals surface area (Å²) in [5, 5.41) is 2.02. The molecule has 1 saturated heterocycles. The predicted octanol–water partition coefficient (Wildman–Crippen LogP) is 2.52. The highest BCUT2D eigenvalue weighted by Gasteiger charge is 2.32. The van der Waals surface area contributed by atoms with Crippen molar-refractivity contribution in [1.82, 2.24) is 4.90 Å². The molecule has 2 rings (SSSR count). The quantitative estimate of drug-likeness (QED) is 0.866. The van der Waals surface area contributed by atoms with Gasteiger partial charge in [0.2, 0.25) is 5.91 Å². The van der Waals surface area contributed by atoms with Crippen LogP contribution in [0.15, 0.2) is 15.9 Å². The fourth-order valence-electron chi connectivity index (χ4n) is 2.15. The molecule has 2 atom stereocenters. The van der Waals surface area contributed by atoms with Crippen molar-refractivity contribution in [3.63, 3.8) is 0 Å². The number of thiophene rings is 1. The van der Waals surface area contributed by atoms with Crippen LogP contribution < -0.4 is 5.73 Å². The van der Waals surface area contributed by atoms with Crippen LogP contribution >= 0.6 is 27.3 Å². The molecule has 0 bridgehead atoms. The summed E-state index contributed by atoms with van der Waals surface area (Å²) < 4.78 is 1.06. The van der Waals surface area contributed by atoms with Crippen LogP contribution in [0.3, 0.4) is 0 Å². The first-order chi connectivity index (χ1) is 7.61. The Hall–Kier alpha value is -0.390. The molecule has 0 aliphatic carbocycles. The first-order valence-electron chi connectivity index (χ1n) is 5.35. The van der Waals surface area contributed by atoms with Crippen LogP contribution in [0.5, 0.6) is 0 Å². The van der Waals surface area contributed by atoms with Gasteiger partial charge in [-0.3, -0.25) is 4.79 Å². The van der Waals surface area contributed by atoms with Crippen LogP contribution in [0.2, 0.25) is 0 Å². The molecule has 2 unspecified atom stereocenters. The first-order valence-corrected chi connectivity index (χ1v) is 7.02. The van der Waals surface area contributed by atoms with Crippen molar-refractivity contribution in [2.45, 2.75) is 31.3 Å². The normalized spacial score (nSPS) is 26.9. The van der Waals surface area contributed by atoms with Crippen LogP contribution in [0.25, 0.3) is 0 Å². The zero-order chi connectivity index (χ0) is 11.7. The van der Waals surface area contributed by atoms with Crippen LogP contribution in [0, 0.1) is 0 Å². The van der Waals surface area contributed by atoms with E-state index in [1.165, 1.54) is 0 Å². The number of halogens is 1. The lowest BCUT2D eigenvalue weighted by Crippen LogP contribution is -2.39. The summed E-state index contributed by atoms with van der Waals surface area (Å²) in [6.45, 7) is 0. The van der Waals surface area contributed by atoms with Crippen molar-refractivity contribution in [2.24, 2.45) is 5.73 Å². The zero-order valence-corrected chi connectivity index (χ0v) is 11.6. The number of carbonyl (C=O) groups excluding carboxylic acids is 1. The first kappa shape index (κ1) is 12.1. The van der Waals surface area contributed by atoms with Gasteiger partial charge in [-0.15, -0.1) is 11.3 Å². The van der Waals surface area contributed by atoms with Crippen LogP contribution in [0.1, 0.15) is 30.2 Å². The van der Waals surface area contributed by atoms with Gasteiger partial charge in [-0.2, -0.15) is 0 Å². The van der Waals surface area contributed by atoms with Gasteiger partial charge in [0.15, 0.2) is 0 Å². The maximum atomic E-state index is 11.8. The minimum Gasteiger partial charge on any atom is -0.336 e. The number of rotatable bonds is 1. The van der Waals surface area contributed by atoms with E-state index in [-0.39, 0.29) is 18.0 Å². The topological polar surface area (TPSA) is 46.3 Å². The molecule has 2 N–H and O–H groups in total. The molecule has 1 aromatic heterocycles. The van der Waals surface area contributed by atoms with Gasteiger partial charge in [0.05, 0.1) is 6.04 Å². The molecule has 1 aliphatic heterocycles. The van der Waals surface area contributed by atoms with Gasteiger partial charge in [0.1, 0.15) is 0 Å². The molecule has 1 aromatic rings. The second-order valence-corrected chi connectivity index (χ2v) is 5.94. The molecule has 2 heterocycles. The van der Waals surface area contributed by atoms with Crippen molar-refractivity contribution in [1.29, 1.82) is 0 Å². The number of carbonyl (C=O) groups is 1. The minimum atomic E-state index is 0.0179. The third kappa shape index (κ3) is 2.17. The summed E-state index contributed by atoms with van der Waals surface area (Å²) in [5.74, 6) is 0.193. The predicted molar refractivity (Wildman–Crippen MR) is 69.4 cm³/mol. The van der Waals surface area contributed by atoms with Gasteiger partial charge in [0.25, 0.3) is 0 Å². The molecule has 1 aliphatic rings. The van der Waals surface area contributed by atoms with E-state index >= 15 is 0 Å². The van der Waals surface area contributed by atoms with E-state index in [1.54, 1.807) is 16.2 Å². The highest BCUT2D eigenvalue weighted by atomic mass is 79.9. The Balaban J connectivity index is 2.35. The Kier molecular flexibility index (Phi) is 3.66. The van der Waals surface area contributed by atoms with Crippen molar-refractivity contribution in [3.05, 3.63) is 20.8 Å². The Morgan fingerprint density at radius 3 is 3.00 bits per heavy atom. The maximum Gasteiger partial charge on any atom is 0.222 e. The summed E-state index contributed by atoms with van der Waals surface area (Å²) in [7, 11) is 1.85. The summed E-state index contributed by atoms with van der Waals surface area (Å²) >= 11 is 5.17. The van der Waals surface area contributed by atoms with Gasteiger partial charge in [0, 0.05) is 28.9 Å². The fourth-order valence-corrected chi connectivity index (χ4v) is 3.98. The van der Waals surface area contributed by atoms with Crippen molar-refractivity contribution < 1.29 is 4.79 Å². The number of hydrogen-bond donors (Lipinski definition) is 1. The third-order valence-corrected chi connectivity index (χ3v) is 5.00. The maximum absolute atomic E-state index is 11.8. The monoisotopic (exact) mass is 302 g/mol. The summed E-state index contributed by atoms with van der Waals surface area (Å²) in [6.07, 6.45) is 2.42. The highest BCUT2D eigenvalue weighted by molar-refractivity contribution is 9.10. The molecule has 0 spiro atoms. The molecule has 0 aromatic carbocycles. The van der Waals surface area contributed by atoms with Gasteiger partial charge in [-0.25, -0.2) is 0 Å². The molecule has 5 heteroatoms. The molecule has 1 amide bonds. The Labute approximate surface area is 108 Å². The lowest BCUT2D eigenvalue weighted by Gasteiger charge is -2.29. The van der Waals surface area contributed by atoms with Gasteiger partial charge < -0.3 is 10.6 Å². The Bertz CT molecular complexity index is 393. The largest absolute Gasteiger partial charge is 0.336 e. The summed E-state index contributed by atoms with van der Waals surface area (Å²) in [6, 6.07) is 2.06. The average molecular weight is 303 g/mol. The van der Waals surface area contributed by atoms with E-state index in [2.05, 4.69) is 15.9 Å². The second-order valence-electron chi connectivity index (χ2n) is 4.14. The van der Waals surface area contributed by atoms with E-state index in [0.29, 0.717) is 6.42 Å². The number of amides is 1. The second kappa shape index (κ2) is 4.85. The van der Waals surface area contributed by atoms with E-state index in [0.717, 1.165) is 22.2 Å². The highest BCUT2D eigenvalue weighted by Crippen LogP contribution is 2.36. The third-order valence-electron chi connectivity index (χ3n) is 3.06. The van der Waals surface area contributed by atoms with E-state index in [1.807, 2.05) is 18.5 Å². The molecule has 0 saturated carbocycles. The molecule has 1 fully saturated rings. The van der Waals surface area contributed by atoms with Crippen molar-refractivity contribution >= 4 is 33.2 Å². The van der Waals surface area contributed by atoms with E-state index in [4.69, 9.17) is 5.73 Å². The smallest absolute Gasteiger partial charge is 0.222 e. The van der Waals surface area contributed by atoms with Crippen LogP contribution in [-0.4, -0.2) is 23.9 Å². The van der Waals surface area contributed by atoms with Gasteiger partial charge in [-0.05, 0) is 40.2 Å². The molecule has 0 radical (unpaired) electrons. The van der Waals surface area contributed by atoms with Gasteiger partial charge >= 0.3 is 0 Å². The molecular weight excluding hydrogens is 288 g/mol. The summed E-state index contributed by atoms with van der Waals surface area (Å²) in [5.41, 5.74) is 6.18. The van der Waals surface area contributed by atoms with E-state index in [9.17, 15) is 4.79 Å². The molecule has 16 heavy (non-hydrogen) atoms. The fraction of sp³-hybridized carbons (Fsp3) is 0.545. The summed E-state index contributed by atoms with van der Waals surface area (Å²) in [4.78, 5) is 14.8. The lowest BCUT2D eigenvalue weighted by atomic mass is 10.0. The molecular formula is C11H15BrN2OS. The number of nitrogens with zero attached hydrogens (tertiary/aromatic N) is 1.